The van der Waals surface area contributed by atoms with Gasteiger partial charge in [0.1, 0.15) is 0 Å². The van der Waals surface area contributed by atoms with Crippen LogP contribution in [0.25, 0.3) is 0 Å². The number of aryl methyl sites for hydroxylation is 1. The zero-order valence-electron chi connectivity index (χ0n) is 9.26. The topological polar surface area (TPSA) is 12.0 Å². The van der Waals surface area contributed by atoms with Crippen LogP contribution in [0, 0.1) is 12.3 Å². The van der Waals surface area contributed by atoms with Crippen molar-refractivity contribution in [2.75, 3.05) is 6.54 Å². The average molecular weight is 209 g/mol. The van der Waals surface area contributed by atoms with Crippen LogP contribution in [0.15, 0.2) is 12.1 Å². The van der Waals surface area contributed by atoms with Crippen molar-refractivity contribution in [1.29, 1.82) is 0 Å². The molecule has 1 aromatic heterocycles. The maximum atomic E-state index is 3.63. The van der Waals surface area contributed by atoms with Gasteiger partial charge in [-0.3, -0.25) is 0 Å². The van der Waals surface area contributed by atoms with Crippen LogP contribution in [0.5, 0.6) is 0 Å². The Balaban J connectivity index is 2.18. The van der Waals surface area contributed by atoms with Gasteiger partial charge in [0.15, 0.2) is 0 Å². The van der Waals surface area contributed by atoms with Gasteiger partial charge in [-0.25, -0.2) is 0 Å². The molecule has 2 rings (SSSR count). The predicted molar refractivity (Wildman–Crippen MR) is 62.8 cm³/mol. The standard InChI is InChI=1S/C12H19NS/c1-4-13-11(12(3)7-8-12)10-6-5-9(2)14-10/h5-6,11,13H,4,7-8H2,1-3H3. The van der Waals surface area contributed by atoms with Crippen LogP contribution < -0.4 is 5.32 Å². The summed E-state index contributed by atoms with van der Waals surface area (Å²) >= 11 is 1.94. The molecule has 0 spiro atoms. The summed E-state index contributed by atoms with van der Waals surface area (Å²) in [6.07, 6.45) is 2.75. The third kappa shape index (κ3) is 1.86. The van der Waals surface area contributed by atoms with Crippen molar-refractivity contribution in [1.82, 2.24) is 5.32 Å². The van der Waals surface area contributed by atoms with Crippen molar-refractivity contribution < 1.29 is 0 Å². The molecule has 1 aromatic rings. The van der Waals surface area contributed by atoms with Gasteiger partial charge >= 0.3 is 0 Å². The second kappa shape index (κ2) is 3.67. The van der Waals surface area contributed by atoms with Gasteiger partial charge in [0.05, 0.1) is 0 Å². The van der Waals surface area contributed by atoms with E-state index in [1.807, 2.05) is 11.3 Å². The zero-order valence-corrected chi connectivity index (χ0v) is 10.1. The predicted octanol–water partition coefficient (Wildman–Crippen LogP) is 3.51. The van der Waals surface area contributed by atoms with Crippen LogP contribution >= 0.6 is 11.3 Å². The second-order valence-corrected chi connectivity index (χ2v) is 5.91. The van der Waals surface area contributed by atoms with Gasteiger partial charge in [-0.1, -0.05) is 13.8 Å². The Morgan fingerprint density at radius 2 is 2.21 bits per heavy atom. The molecule has 0 amide bonds. The summed E-state index contributed by atoms with van der Waals surface area (Å²) in [5.41, 5.74) is 0.535. The maximum Gasteiger partial charge on any atom is 0.0469 e. The largest absolute Gasteiger partial charge is 0.309 e. The van der Waals surface area contributed by atoms with E-state index in [2.05, 4.69) is 38.2 Å². The zero-order chi connectivity index (χ0) is 10.2. The molecule has 1 aliphatic carbocycles. The Bertz CT molecular complexity index is 312. The van der Waals surface area contributed by atoms with Crippen molar-refractivity contribution in [2.24, 2.45) is 5.41 Å². The van der Waals surface area contributed by atoms with Crippen molar-refractivity contribution in [2.45, 2.75) is 39.7 Å². The van der Waals surface area contributed by atoms with Crippen molar-refractivity contribution in [3.63, 3.8) is 0 Å². The maximum absolute atomic E-state index is 3.63. The first-order valence-corrected chi connectivity index (χ1v) is 6.27. The molecule has 1 aliphatic rings. The number of hydrogen-bond acceptors (Lipinski definition) is 2. The van der Waals surface area contributed by atoms with E-state index in [9.17, 15) is 0 Å². The number of hydrogen-bond donors (Lipinski definition) is 1. The molecule has 1 nitrogen and oxygen atoms in total. The molecule has 1 saturated carbocycles. The lowest BCUT2D eigenvalue weighted by Gasteiger charge is -2.23. The molecule has 78 valence electrons. The molecule has 0 radical (unpaired) electrons. The van der Waals surface area contributed by atoms with Gasteiger partial charge in [-0.15, -0.1) is 11.3 Å². The van der Waals surface area contributed by atoms with Crippen LogP contribution in [0.1, 0.15) is 42.5 Å². The van der Waals surface area contributed by atoms with Gasteiger partial charge in [-0.2, -0.15) is 0 Å². The molecule has 2 heteroatoms. The summed E-state index contributed by atoms with van der Waals surface area (Å²) in [5, 5.41) is 3.63. The Kier molecular flexibility index (Phi) is 2.67. The van der Waals surface area contributed by atoms with Gasteiger partial charge in [0.2, 0.25) is 0 Å². The van der Waals surface area contributed by atoms with Gasteiger partial charge in [0.25, 0.3) is 0 Å². The SMILES string of the molecule is CCNC(c1ccc(C)s1)C1(C)CC1. The van der Waals surface area contributed by atoms with E-state index in [0.29, 0.717) is 11.5 Å². The first-order valence-electron chi connectivity index (χ1n) is 5.45. The minimum Gasteiger partial charge on any atom is -0.309 e. The minimum absolute atomic E-state index is 0.535. The summed E-state index contributed by atoms with van der Waals surface area (Å²) in [6.45, 7) is 7.85. The average Bonchev–Trinajstić information content (AvgIpc) is 2.74. The van der Waals surface area contributed by atoms with E-state index in [4.69, 9.17) is 0 Å². The monoisotopic (exact) mass is 209 g/mol. The fourth-order valence-corrected chi connectivity index (χ4v) is 3.12. The second-order valence-electron chi connectivity index (χ2n) is 4.59. The van der Waals surface area contributed by atoms with Gasteiger partial charge in [-0.05, 0) is 43.9 Å². The lowest BCUT2D eigenvalue weighted by Crippen LogP contribution is -2.26. The van der Waals surface area contributed by atoms with Gasteiger partial charge in [0, 0.05) is 15.8 Å². The highest BCUT2D eigenvalue weighted by atomic mass is 32.1. The number of nitrogens with one attached hydrogen (secondary N) is 1. The lowest BCUT2D eigenvalue weighted by atomic mass is 9.97. The summed E-state index contributed by atoms with van der Waals surface area (Å²) < 4.78 is 0. The molecule has 14 heavy (non-hydrogen) atoms. The van der Waals surface area contributed by atoms with E-state index in [1.165, 1.54) is 22.6 Å². The summed E-state index contributed by atoms with van der Waals surface area (Å²) in [5.74, 6) is 0. The molecule has 0 aliphatic heterocycles. The Labute approximate surface area is 90.5 Å². The molecular weight excluding hydrogens is 190 g/mol. The fourth-order valence-electron chi connectivity index (χ4n) is 1.99. The van der Waals surface area contributed by atoms with Crippen LogP contribution in [-0.4, -0.2) is 6.54 Å². The Hall–Kier alpha value is -0.340. The molecule has 0 aromatic carbocycles. The summed E-state index contributed by atoms with van der Waals surface area (Å²) in [6, 6.07) is 5.11. The van der Waals surface area contributed by atoms with Crippen LogP contribution in [0.2, 0.25) is 0 Å². The van der Waals surface area contributed by atoms with E-state index in [-0.39, 0.29) is 0 Å². The first-order chi connectivity index (χ1) is 6.65. The molecule has 1 fully saturated rings. The van der Waals surface area contributed by atoms with Crippen LogP contribution in [0.4, 0.5) is 0 Å². The molecule has 1 N–H and O–H groups in total. The first kappa shape index (κ1) is 10.2. The highest BCUT2D eigenvalue weighted by molar-refractivity contribution is 7.12. The number of thiophene rings is 1. The molecule has 1 heterocycles. The van der Waals surface area contributed by atoms with Crippen LogP contribution in [0.3, 0.4) is 0 Å². The third-order valence-corrected chi connectivity index (χ3v) is 4.26. The van der Waals surface area contributed by atoms with Crippen molar-refractivity contribution >= 4 is 11.3 Å². The molecule has 1 atom stereocenters. The third-order valence-electron chi connectivity index (χ3n) is 3.19. The molecule has 0 saturated heterocycles. The van der Waals surface area contributed by atoms with Crippen LogP contribution in [-0.2, 0) is 0 Å². The Morgan fingerprint density at radius 3 is 2.64 bits per heavy atom. The van der Waals surface area contributed by atoms with E-state index >= 15 is 0 Å². The minimum atomic E-state index is 0.535. The highest BCUT2D eigenvalue weighted by Crippen LogP contribution is 2.55. The smallest absolute Gasteiger partial charge is 0.0469 e. The lowest BCUT2D eigenvalue weighted by molar-refractivity contribution is 0.379. The van der Waals surface area contributed by atoms with E-state index in [1.54, 1.807) is 0 Å². The quantitative estimate of drug-likeness (QED) is 0.800. The molecular formula is C12H19NS. The fraction of sp³-hybridized carbons (Fsp3) is 0.667. The summed E-state index contributed by atoms with van der Waals surface area (Å²) in [7, 11) is 0. The van der Waals surface area contributed by atoms with E-state index < -0.39 is 0 Å². The Morgan fingerprint density at radius 1 is 1.50 bits per heavy atom. The summed E-state index contributed by atoms with van der Waals surface area (Å²) in [4.78, 5) is 2.94. The number of rotatable bonds is 4. The van der Waals surface area contributed by atoms with E-state index in [0.717, 1.165) is 6.54 Å². The van der Waals surface area contributed by atoms with Crippen molar-refractivity contribution in [3.05, 3.63) is 21.9 Å². The molecule has 0 bridgehead atoms. The normalized spacial score (nSPS) is 20.8. The highest BCUT2D eigenvalue weighted by Gasteiger charge is 2.45. The van der Waals surface area contributed by atoms with Crippen molar-refractivity contribution in [3.8, 4) is 0 Å². The van der Waals surface area contributed by atoms with Gasteiger partial charge < -0.3 is 5.32 Å². The molecule has 1 unspecified atom stereocenters.